The fraction of sp³-hybridized carbons (Fsp3) is 0.684. The molecule has 0 fully saturated rings. The van der Waals surface area contributed by atoms with Gasteiger partial charge in [0.15, 0.2) is 29.2 Å². The Morgan fingerprint density at radius 2 is 0.603 bits per heavy atom. The van der Waals surface area contributed by atoms with Crippen LogP contribution in [0, 0.1) is 0 Å². The zero-order valence-electron chi connectivity index (χ0n) is 79.0. The molecule has 0 radical (unpaired) electrons. The Morgan fingerprint density at radius 3 is 0.950 bits per heavy atom. The average molecular weight is 2240 g/mol. The number of carbonyl (C=O) groups excluding carboxylic acids is 12. The fourth-order valence-electron chi connectivity index (χ4n) is 10.1. The van der Waals surface area contributed by atoms with Crippen LogP contribution in [-0.2, 0) is 154 Å². The SMILES string of the molecule is C=C(C)C(=O)CCCNC(=O)CCCCCC(OP(=O)(O)O)P(=O)(O)O.C=C(C)C(=O)NCCCC(=O)CCCCCCC(OP(=O)(O)O)P(=O)(O)O.C=C(C)C(=O)OC(CCCCCOC=O)CP(=O)(O)O.C=C(C)C(=O)OC(COC=O)CP(=O)(O)O.C=C(C)C(=O)OCCC(=O)CCCCCCC(OP(=O)(O)O)P(=O)(O)O.C=C(C)C(=O)OCCC(=O)OCCCCCC(OP(=O)(O)O)P(=O)(O)O. The number of carbonyl (C=O) groups is 12. The minimum Gasteiger partial charge on any atom is -0.468 e. The molecule has 6 atom stereocenters. The third kappa shape index (κ3) is 99.8. The number of amides is 2. The van der Waals surface area contributed by atoms with Gasteiger partial charge in [0.25, 0.3) is 12.9 Å². The Bertz CT molecular complexity index is 4320. The number of phosphoric ester groups is 4. The summed E-state index contributed by atoms with van der Waals surface area (Å²) in [6, 6.07) is 0. The second-order valence-electron chi connectivity index (χ2n) is 30.9. The van der Waals surface area contributed by atoms with Gasteiger partial charge in [-0.3, -0.25) is 83.8 Å². The van der Waals surface area contributed by atoms with E-state index < -0.39 is 161 Å². The van der Waals surface area contributed by atoms with Crippen LogP contribution in [-0.4, -0.2) is 264 Å². The Kier molecular flexibility index (Phi) is 80.0. The average Bonchev–Trinajstić information content (AvgIpc) is 0.882. The lowest BCUT2D eigenvalue weighted by molar-refractivity contribution is -0.149. The van der Waals surface area contributed by atoms with Crippen molar-refractivity contribution in [2.75, 3.05) is 58.4 Å². The summed E-state index contributed by atoms with van der Waals surface area (Å²) in [4.78, 5) is 310. The van der Waals surface area contributed by atoms with Crippen LogP contribution in [0.2, 0.25) is 0 Å². The fourth-order valence-corrected chi connectivity index (χ4v) is 18.8. The van der Waals surface area contributed by atoms with E-state index in [0.29, 0.717) is 166 Å². The van der Waals surface area contributed by atoms with E-state index in [1.165, 1.54) is 27.7 Å². The van der Waals surface area contributed by atoms with Gasteiger partial charge < -0.3 is 142 Å². The van der Waals surface area contributed by atoms with Crippen LogP contribution in [0.25, 0.3) is 0 Å². The molecule has 0 aliphatic carbocycles. The molecule has 6 unspecified atom stereocenters. The number of esters is 5. The highest BCUT2D eigenvalue weighted by Gasteiger charge is 2.39. The first-order valence-corrected chi connectivity index (χ1v) is 59.1. The number of allylic oxidation sites excluding steroid dienone is 1. The third-order valence-corrected chi connectivity index (χ3v) is 25.9. The van der Waals surface area contributed by atoms with E-state index >= 15 is 0 Å². The molecule has 0 spiro atoms. The first-order valence-electron chi connectivity index (χ1n) is 42.7. The minimum absolute atomic E-state index is 0.00575. The first-order chi connectivity index (χ1) is 64.3. The zero-order valence-corrected chi connectivity index (χ0v) is 88.0. The lowest BCUT2D eigenvalue weighted by Gasteiger charge is -2.19. The summed E-state index contributed by atoms with van der Waals surface area (Å²) in [5.74, 6) is -11.1. The molecule has 0 aromatic heterocycles. The number of rotatable bonds is 74. The topological polar surface area (TPSA) is 906 Å². The lowest BCUT2D eigenvalue weighted by Crippen LogP contribution is -2.27. The third-order valence-electron chi connectivity index (χ3n) is 16.9. The van der Waals surface area contributed by atoms with Gasteiger partial charge in [-0.15, -0.1) is 0 Å². The van der Waals surface area contributed by atoms with E-state index in [1.54, 1.807) is 13.8 Å². The van der Waals surface area contributed by atoms with Gasteiger partial charge in [0.2, 0.25) is 11.8 Å². The molecule has 0 aliphatic heterocycles. The Morgan fingerprint density at radius 1 is 0.298 bits per heavy atom. The Balaban J connectivity index is -0.000000391. The van der Waals surface area contributed by atoms with Crippen LogP contribution in [0.4, 0.5) is 0 Å². The van der Waals surface area contributed by atoms with Crippen molar-refractivity contribution in [1.29, 1.82) is 0 Å². The van der Waals surface area contributed by atoms with Crippen LogP contribution in [0.3, 0.4) is 0 Å². The van der Waals surface area contributed by atoms with Crippen molar-refractivity contribution in [2.45, 2.75) is 276 Å². The summed E-state index contributed by atoms with van der Waals surface area (Å²) in [6.07, 6.45) is 6.85. The van der Waals surface area contributed by atoms with E-state index in [9.17, 15) is 103 Å². The number of unbranched alkanes of at least 4 members (excludes halogenated alkanes) is 12. The highest BCUT2D eigenvalue weighted by Crippen LogP contribution is 2.56. The number of hydrogen-bond donors (Lipinski definition) is 22. The van der Waals surface area contributed by atoms with Crippen molar-refractivity contribution in [2.24, 2.45) is 0 Å². The van der Waals surface area contributed by atoms with Crippen molar-refractivity contribution in [3.8, 4) is 0 Å². The second-order valence-corrected chi connectivity index (χ2v) is 46.1. The Hall–Kier alpha value is -5.98. The summed E-state index contributed by atoms with van der Waals surface area (Å²) < 4.78 is 159. The molecule has 0 rings (SSSR count). The van der Waals surface area contributed by atoms with Gasteiger partial charge in [0.05, 0.1) is 38.6 Å². The van der Waals surface area contributed by atoms with E-state index in [4.69, 9.17) is 117 Å². The molecule has 2 amide bonds. The molecule has 22 N–H and O–H groups in total. The molecule has 0 bridgehead atoms. The van der Waals surface area contributed by atoms with Gasteiger partial charge in [-0.1, -0.05) is 97.3 Å². The summed E-state index contributed by atoms with van der Waals surface area (Å²) in [6.45, 7) is 30.7. The van der Waals surface area contributed by atoms with Crippen molar-refractivity contribution in [3.63, 3.8) is 0 Å². The normalized spacial score (nSPS) is 13.1. The lowest BCUT2D eigenvalue weighted by atomic mass is 10.1. The van der Waals surface area contributed by atoms with Crippen molar-refractivity contribution >= 4 is 149 Å². The highest BCUT2D eigenvalue weighted by molar-refractivity contribution is 7.55. The number of ether oxygens (including phenoxy) is 7. The standard InChI is InChI=1S/C15H29NO9P2.C14H27NO9P2.C14H26O10P2.C13H24O11P2.C12H21O7P.C8H13O7P/c1-12(2)15(18)16-11-7-9-13(17)8-5-3-4-6-10-14(26(19,20)21)25-27(22,23)24;1-11(2)12(16)7-6-10-15-13(17)8-4-3-5-9-14(25(18,19)20)24-26(21,22)23;1-11(2)14(16)23-10-9-12(15)7-5-3-4-6-8-13(25(17,18)19)24-26(20,21)22;1-10(2)13(15)23-9-7-11(14)22-8-5-3-4-6-12(25(16,17)18)24-26(19,20)21;1-10(2)12(14)19-11(8-20(15,16)17)6-4-3-5-7-18-9-13;1-6(2)8(10)15-7(3-14-5-9)4-16(11,12)13/h14H,1,3-11H2,2H3,(H,16,18)(H2,19,20,21)(H2,22,23,24);14H,1,3-10H2,2H3,(H,15,17)(H2,18,19,20)(H2,21,22,23);13H,1,3-10H2,2H3,(H2,17,18,19)(H2,20,21,22);12H,1,3-9H2,2H3,(H2,16,17,18)(H2,19,20,21);9,11H,1,3-8H2,2H3,(H2,15,16,17);5,7H,1,3-4H2,2H3,(H2,11,12,13). The van der Waals surface area contributed by atoms with Crippen LogP contribution < -0.4 is 10.6 Å². The molecule has 0 heterocycles. The highest BCUT2D eigenvalue weighted by atomic mass is 31.2. The first kappa shape index (κ1) is 146. The smallest absolute Gasteiger partial charge is 0.468 e. The molecule has 0 aromatic rings. The summed E-state index contributed by atoms with van der Waals surface area (Å²) in [5, 5.41) is 5.30. The maximum Gasteiger partial charge on any atom is 0.470 e. The second kappa shape index (κ2) is 77.4. The van der Waals surface area contributed by atoms with Crippen LogP contribution in [0.5, 0.6) is 0 Å². The molecule has 0 saturated heterocycles. The molecule has 822 valence electrons. The maximum absolute atomic E-state index is 11.7. The zero-order chi connectivity index (χ0) is 111. The van der Waals surface area contributed by atoms with Crippen LogP contribution in [0.15, 0.2) is 72.9 Å². The molecule has 65 heteroatoms. The monoisotopic (exact) mass is 2240 g/mol. The van der Waals surface area contributed by atoms with Gasteiger partial charge in [-0.25, -0.2) is 37.4 Å². The molecule has 55 nitrogen and oxygen atoms in total. The van der Waals surface area contributed by atoms with Gasteiger partial charge in [0, 0.05) is 79.5 Å². The van der Waals surface area contributed by atoms with E-state index in [1.807, 2.05) is 0 Å². The van der Waals surface area contributed by atoms with E-state index in [0.717, 1.165) is 0 Å². The Labute approximate surface area is 815 Å². The maximum atomic E-state index is 11.7. The van der Waals surface area contributed by atoms with Gasteiger partial charge in [-0.05, 0) is 143 Å². The summed E-state index contributed by atoms with van der Waals surface area (Å²) >= 11 is 0. The molecular formula is C76H140N2O53P10. The van der Waals surface area contributed by atoms with E-state index in [2.05, 4.69) is 82.4 Å². The minimum atomic E-state index is -5.02. The van der Waals surface area contributed by atoms with Crippen molar-refractivity contribution in [3.05, 3.63) is 72.9 Å². The number of Topliss-reactive ketones (excluding diaryl/α,β-unsaturated/α-hetero) is 3. The predicted molar refractivity (Wildman–Crippen MR) is 499 cm³/mol. The number of nitrogens with one attached hydrogen (secondary N) is 2. The van der Waals surface area contributed by atoms with E-state index in [-0.39, 0.29) is 148 Å². The molecule has 0 aliphatic rings. The van der Waals surface area contributed by atoms with Gasteiger partial charge >= 0.3 is 107 Å². The number of phosphoric acid groups is 4. The van der Waals surface area contributed by atoms with Gasteiger partial charge in [0.1, 0.15) is 37.0 Å². The molecular weight excluding hydrogens is 2100 g/mol. The molecule has 141 heavy (non-hydrogen) atoms. The number of hydrogen-bond acceptors (Lipinski definition) is 33. The summed E-state index contributed by atoms with van der Waals surface area (Å²) in [7, 11) is -47.8. The van der Waals surface area contributed by atoms with Crippen LogP contribution in [0.1, 0.15) is 241 Å². The van der Waals surface area contributed by atoms with Crippen molar-refractivity contribution < 1.29 is 252 Å². The number of ketones is 3. The van der Waals surface area contributed by atoms with Crippen molar-refractivity contribution in [1.82, 2.24) is 10.6 Å². The quantitative estimate of drug-likeness (QED) is 0.00684. The van der Waals surface area contributed by atoms with Crippen LogP contribution >= 0.6 is 76.9 Å². The molecule has 0 saturated carbocycles. The van der Waals surface area contributed by atoms with Gasteiger partial charge in [-0.2, -0.15) is 0 Å². The summed E-state index contributed by atoms with van der Waals surface area (Å²) in [5.41, 5.74) is 1.63. The largest absolute Gasteiger partial charge is 0.470 e. The predicted octanol–water partition coefficient (Wildman–Crippen LogP) is 8.01. The molecule has 0 aromatic carbocycles.